The number of hydrogen-bond acceptors (Lipinski definition) is 4. The van der Waals surface area contributed by atoms with Gasteiger partial charge < -0.3 is 15.2 Å². The minimum absolute atomic E-state index is 0.117. The van der Waals surface area contributed by atoms with Gasteiger partial charge in [-0.25, -0.2) is 8.42 Å². The molecule has 32 heavy (non-hydrogen) atoms. The van der Waals surface area contributed by atoms with Gasteiger partial charge in [-0.15, -0.1) is 4.79 Å². The number of ether oxygens (including phenoxy) is 1. The second-order valence-electron chi connectivity index (χ2n) is 7.03. The Morgan fingerprint density at radius 2 is 1.50 bits per heavy atom. The first-order valence-electron chi connectivity index (χ1n) is 9.94. The van der Waals surface area contributed by atoms with Gasteiger partial charge in [-0.2, -0.15) is 0 Å². The molecule has 8 heteroatoms. The summed E-state index contributed by atoms with van der Waals surface area (Å²) in [6.07, 6.45) is 0.507. The van der Waals surface area contributed by atoms with E-state index in [9.17, 15) is 18.7 Å². The third kappa shape index (κ3) is 5.49. The topological polar surface area (TPSA) is 100 Å². The zero-order chi connectivity index (χ0) is 23.0. The van der Waals surface area contributed by atoms with Crippen LogP contribution in [-0.2, 0) is 27.6 Å². The molecule has 0 aromatic heterocycles. The zero-order valence-electron chi connectivity index (χ0n) is 17.6. The molecular formula is C24H23N3O4S. The minimum atomic E-state index is -4.29. The van der Waals surface area contributed by atoms with Gasteiger partial charge in [-0.05, 0) is 41.8 Å². The van der Waals surface area contributed by atoms with E-state index in [2.05, 4.69) is 4.79 Å². The number of carbonyl (C=O) groups is 1. The van der Waals surface area contributed by atoms with Crippen LogP contribution in [0.4, 0.5) is 0 Å². The van der Waals surface area contributed by atoms with Gasteiger partial charge in [0.2, 0.25) is 0 Å². The number of benzene rings is 3. The van der Waals surface area contributed by atoms with Crippen LogP contribution in [0.1, 0.15) is 11.1 Å². The Kier molecular flexibility index (Phi) is 7.54. The minimum Gasteiger partial charge on any atom is -0.497 e. The van der Waals surface area contributed by atoms with Crippen molar-refractivity contribution in [3.05, 3.63) is 102 Å². The average molecular weight is 450 g/mol. The molecule has 0 atom stereocenters. The molecule has 0 saturated heterocycles. The zero-order valence-corrected chi connectivity index (χ0v) is 18.4. The van der Waals surface area contributed by atoms with Crippen LogP contribution < -0.4 is 4.74 Å². The summed E-state index contributed by atoms with van der Waals surface area (Å²) < 4.78 is 31.1. The van der Waals surface area contributed by atoms with Crippen LogP contribution in [0.5, 0.6) is 5.75 Å². The van der Waals surface area contributed by atoms with Gasteiger partial charge in [0.1, 0.15) is 5.75 Å². The Morgan fingerprint density at radius 3 is 2.06 bits per heavy atom. The highest BCUT2D eigenvalue weighted by Crippen LogP contribution is 2.17. The smallest absolute Gasteiger partial charge is 0.473 e. The lowest BCUT2D eigenvalue weighted by molar-refractivity contribution is -0.128. The number of nitrogens with zero attached hydrogens (tertiary/aromatic N) is 3. The predicted octanol–water partition coefficient (Wildman–Crippen LogP) is 3.37. The van der Waals surface area contributed by atoms with Crippen LogP contribution in [0.2, 0.25) is 0 Å². The van der Waals surface area contributed by atoms with Crippen molar-refractivity contribution in [1.82, 2.24) is 4.90 Å². The molecular weight excluding hydrogens is 426 g/mol. The monoisotopic (exact) mass is 449 g/mol. The van der Waals surface area contributed by atoms with E-state index in [0.717, 1.165) is 11.1 Å². The lowest BCUT2D eigenvalue weighted by Gasteiger charge is -2.21. The van der Waals surface area contributed by atoms with Crippen molar-refractivity contribution in [1.29, 1.82) is 0 Å². The maximum atomic E-state index is 13.3. The normalized spacial score (nSPS) is 10.8. The number of methoxy groups -OCH3 is 1. The van der Waals surface area contributed by atoms with E-state index in [1.165, 1.54) is 29.2 Å². The summed E-state index contributed by atoms with van der Waals surface area (Å²) in [6, 6.07) is 24.1. The van der Waals surface area contributed by atoms with Gasteiger partial charge in [0.05, 0.1) is 12.0 Å². The molecule has 0 radical (unpaired) electrons. The van der Waals surface area contributed by atoms with Crippen molar-refractivity contribution in [2.75, 3.05) is 13.7 Å². The predicted molar refractivity (Wildman–Crippen MR) is 121 cm³/mol. The summed E-state index contributed by atoms with van der Waals surface area (Å²) in [6.45, 7) is 0.372. The quantitative estimate of drug-likeness (QED) is 0.239. The fraction of sp³-hybridized carbons (Fsp3) is 0.167. The van der Waals surface area contributed by atoms with Crippen LogP contribution in [0.15, 0.2) is 89.8 Å². The number of carbonyl (C=O) groups excluding carboxylic acids is 1. The molecule has 0 spiro atoms. The molecule has 164 valence electrons. The largest absolute Gasteiger partial charge is 0.497 e. The second kappa shape index (κ2) is 10.5. The van der Waals surface area contributed by atoms with Crippen LogP contribution in [-0.4, -0.2) is 42.7 Å². The van der Waals surface area contributed by atoms with Crippen LogP contribution in [0.3, 0.4) is 0 Å². The highest BCUT2D eigenvalue weighted by Gasteiger charge is 2.40. The average Bonchev–Trinajstić information content (AvgIpc) is 2.83. The maximum absolute atomic E-state index is 13.3. The third-order valence-electron chi connectivity index (χ3n) is 4.91. The lowest BCUT2D eigenvalue weighted by Crippen LogP contribution is -2.41. The van der Waals surface area contributed by atoms with E-state index in [-0.39, 0.29) is 18.0 Å². The molecule has 3 aromatic carbocycles. The fourth-order valence-corrected chi connectivity index (χ4v) is 4.38. The Morgan fingerprint density at radius 1 is 0.906 bits per heavy atom. The molecule has 3 rings (SSSR count). The summed E-state index contributed by atoms with van der Waals surface area (Å²) in [5, 5.41) is -0.912. The van der Waals surface area contributed by atoms with E-state index in [1.807, 2.05) is 30.3 Å². The molecule has 0 fully saturated rings. The van der Waals surface area contributed by atoms with Crippen LogP contribution in [0, 0.1) is 0 Å². The van der Waals surface area contributed by atoms with Gasteiger partial charge in [0, 0.05) is 13.1 Å². The fourth-order valence-electron chi connectivity index (χ4n) is 3.17. The summed E-state index contributed by atoms with van der Waals surface area (Å²) in [4.78, 5) is 17.4. The van der Waals surface area contributed by atoms with Gasteiger partial charge in [-0.3, -0.25) is 4.79 Å². The van der Waals surface area contributed by atoms with E-state index >= 15 is 0 Å². The van der Waals surface area contributed by atoms with E-state index in [0.29, 0.717) is 12.2 Å². The van der Waals surface area contributed by atoms with Crippen LogP contribution >= 0.6 is 0 Å². The standard InChI is InChI=1S/C24H23N3O4S/c1-31-21-14-12-20(13-15-21)18-27(17-16-19-8-4-2-5-9-19)24(28)23(26-25)32(29,30)22-10-6-3-7-11-22/h2-15H,16-18H2,1H3. The molecule has 3 aromatic rings. The van der Waals surface area contributed by atoms with Gasteiger partial charge in [0.25, 0.3) is 9.84 Å². The van der Waals surface area contributed by atoms with E-state index in [1.54, 1.807) is 37.4 Å². The SMILES string of the molecule is COc1ccc(CN(CCc2ccccc2)C(=O)C(=[N+]=[N-])S(=O)(=O)c2ccccc2)cc1. The molecule has 7 nitrogen and oxygen atoms in total. The molecule has 0 heterocycles. The number of sulfone groups is 1. The van der Waals surface area contributed by atoms with Crippen molar-refractivity contribution in [2.24, 2.45) is 0 Å². The highest BCUT2D eigenvalue weighted by molar-refractivity contribution is 8.08. The first kappa shape index (κ1) is 22.9. The van der Waals surface area contributed by atoms with E-state index in [4.69, 9.17) is 4.74 Å². The molecule has 0 aliphatic rings. The Labute approximate surface area is 187 Å². The molecule has 0 aliphatic carbocycles. The maximum Gasteiger partial charge on any atom is 0.473 e. The number of rotatable bonds is 7. The summed E-state index contributed by atoms with van der Waals surface area (Å²) in [5.74, 6) is -0.205. The van der Waals surface area contributed by atoms with Gasteiger partial charge >= 0.3 is 11.0 Å². The molecule has 0 bridgehead atoms. The summed E-state index contributed by atoms with van der Waals surface area (Å²) in [5.41, 5.74) is 11.3. The van der Waals surface area contributed by atoms with Crippen molar-refractivity contribution in [3.8, 4) is 5.75 Å². The summed E-state index contributed by atoms with van der Waals surface area (Å²) in [7, 11) is -2.73. The lowest BCUT2D eigenvalue weighted by atomic mass is 10.1. The van der Waals surface area contributed by atoms with Crippen molar-refractivity contribution in [2.45, 2.75) is 17.9 Å². The van der Waals surface area contributed by atoms with Crippen LogP contribution in [0.25, 0.3) is 5.53 Å². The van der Waals surface area contributed by atoms with Gasteiger partial charge in [0.15, 0.2) is 0 Å². The summed E-state index contributed by atoms with van der Waals surface area (Å²) >= 11 is 0. The first-order chi connectivity index (χ1) is 15.5. The highest BCUT2D eigenvalue weighted by atomic mass is 32.2. The van der Waals surface area contributed by atoms with Crippen molar-refractivity contribution in [3.63, 3.8) is 0 Å². The number of hydrogen-bond donors (Lipinski definition) is 0. The molecule has 0 saturated carbocycles. The Hall–Kier alpha value is -3.74. The Bertz CT molecular complexity index is 1210. The molecule has 0 unspecified atom stereocenters. The molecule has 0 N–H and O–H groups in total. The molecule has 0 aliphatic heterocycles. The second-order valence-corrected chi connectivity index (χ2v) is 8.90. The Balaban J connectivity index is 1.90. The van der Waals surface area contributed by atoms with Crippen molar-refractivity contribution < 1.29 is 22.7 Å². The first-order valence-corrected chi connectivity index (χ1v) is 11.4. The van der Waals surface area contributed by atoms with E-state index < -0.39 is 20.8 Å². The number of amides is 1. The third-order valence-corrected chi connectivity index (χ3v) is 6.57. The van der Waals surface area contributed by atoms with Crippen molar-refractivity contribution >= 4 is 20.8 Å². The van der Waals surface area contributed by atoms with Gasteiger partial charge in [-0.1, -0.05) is 60.7 Å². The molecule has 1 amide bonds.